The van der Waals surface area contributed by atoms with Gasteiger partial charge in [-0.15, -0.1) is 11.3 Å². The van der Waals surface area contributed by atoms with Gasteiger partial charge in [-0.3, -0.25) is 4.98 Å². The fourth-order valence-electron chi connectivity index (χ4n) is 3.99. The van der Waals surface area contributed by atoms with Gasteiger partial charge in [0.25, 0.3) is 0 Å². The number of thiophene rings is 1. The highest BCUT2D eigenvalue weighted by Gasteiger charge is 2.30. The quantitative estimate of drug-likeness (QED) is 0.727. The molecule has 4 heterocycles. The van der Waals surface area contributed by atoms with Crippen LogP contribution in [0, 0.1) is 0 Å². The van der Waals surface area contributed by atoms with Crippen molar-refractivity contribution < 1.29 is 8.42 Å². The van der Waals surface area contributed by atoms with E-state index in [1.54, 1.807) is 23.7 Å². The summed E-state index contributed by atoms with van der Waals surface area (Å²) in [5.41, 5.74) is 2.22. The summed E-state index contributed by atoms with van der Waals surface area (Å²) in [6.45, 7) is 0. The number of nitrogens with one attached hydrogen (secondary N) is 1. The largest absolute Gasteiger partial charge is 0.366 e. The van der Waals surface area contributed by atoms with Gasteiger partial charge in [0, 0.05) is 28.9 Å². The molecule has 1 fully saturated rings. The molecule has 0 amide bonds. The van der Waals surface area contributed by atoms with Crippen molar-refractivity contribution in [2.75, 3.05) is 16.8 Å². The molecule has 1 saturated heterocycles. The Morgan fingerprint density at radius 2 is 2.07 bits per heavy atom. The second kappa shape index (κ2) is 6.53. The summed E-state index contributed by atoms with van der Waals surface area (Å²) in [5.74, 6) is 1.83. The molecule has 0 unspecified atom stereocenters. The molecule has 27 heavy (non-hydrogen) atoms. The second-order valence-corrected chi connectivity index (χ2v) is 10.6. The second-order valence-electron chi connectivity index (χ2n) is 7.27. The Morgan fingerprint density at radius 1 is 1.19 bits per heavy atom. The first kappa shape index (κ1) is 17.1. The Labute approximate surface area is 162 Å². The van der Waals surface area contributed by atoms with E-state index in [1.165, 1.54) is 23.3 Å². The number of fused-ring (bicyclic) bond motifs is 3. The first-order valence-corrected chi connectivity index (χ1v) is 11.9. The third kappa shape index (κ3) is 3.21. The van der Waals surface area contributed by atoms with Crippen LogP contribution in [0.25, 0.3) is 21.6 Å². The van der Waals surface area contributed by atoms with Crippen molar-refractivity contribution in [3.8, 4) is 11.4 Å². The summed E-state index contributed by atoms with van der Waals surface area (Å²) in [4.78, 5) is 16.2. The van der Waals surface area contributed by atoms with E-state index in [-0.39, 0.29) is 17.5 Å². The molecule has 0 bridgehead atoms. The zero-order chi connectivity index (χ0) is 18.4. The van der Waals surface area contributed by atoms with Gasteiger partial charge in [0.1, 0.15) is 10.6 Å². The van der Waals surface area contributed by atoms with Crippen LogP contribution in [0.15, 0.2) is 24.5 Å². The van der Waals surface area contributed by atoms with Crippen molar-refractivity contribution in [3.05, 3.63) is 35.0 Å². The lowest BCUT2D eigenvalue weighted by molar-refractivity contribution is 0.602. The van der Waals surface area contributed by atoms with Crippen LogP contribution in [-0.2, 0) is 22.7 Å². The lowest BCUT2D eigenvalue weighted by Gasteiger charge is -2.16. The summed E-state index contributed by atoms with van der Waals surface area (Å²) in [7, 11) is -2.95. The molecule has 0 saturated carbocycles. The number of rotatable bonds is 3. The average Bonchev–Trinajstić information content (AvgIpc) is 3.21. The normalized spacial score (nSPS) is 21.3. The minimum absolute atomic E-state index is 0.0889. The molecule has 5 rings (SSSR count). The van der Waals surface area contributed by atoms with E-state index in [4.69, 9.17) is 9.97 Å². The van der Waals surface area contributed by atoms with Gasteiger partial charge in [-0.1, -0.05) is 0 Å². The van der Waals surface area contributed by atoms with E-state index in [0.717, 1.165) is 34.4 Å². The summed E-state index contributed by atoms with van der Waals surface area (Å²) < 4.78 is 23.8. The summed E-state index contributed by atoms with van der Waals surface area (Å²) in [5, 5.41) is 4.53. The molecule has 1 atom stereocenters. The smallest absolute Gasteiger partial charge is 0.164 e. The molecule has 3 aromatic rings. The number of aromatic nitrogens is 3. The van der Waals surface area contributed by atoms with Crippen LogP contribution in [0.1, 0.15) is 29.7 Å². The fourth-order valence-corrected chi connectivity index (χ4v) is 6.92. The number of hydrogen-bond donors (Lipinski definition) is 1. The summed E-state index contributed by atoms with van der Waals surface area (Å²) >= 11 is 1.75. The number of pyridine rings is 1. The molecule has 0 radical (unpaired) electrons. The molecule has 2 aliphatic rings. The SMILES string of the molecule is O=S1(=O)CC[C@@H](Nc2nc(-c3cccnc3)nc3sc4c(c23)CCCC4)C1. The molecule has 140 valence electrons. The third-order valence-electron chi connectivity index (χ3n) is 5.31. The van der Waals surface area contributed by atoms with Crippen LogP contribution in [0.2, 0.25) is 0 Å². The lowest BCUT2D eigenvalue weighted by atomic mass is 9.97. The van der Waals surface area contributed by atoms with Gasteiger partial charge in [0.2, 0.25) is 0 Å². The molecule has 3 aromatic heterocycles. The molecule has 0 aromatic carbocycles. The predicted octanol–water partition coefficient (Wildman–Crippen LogP) is 3.23. The number of hydrogen-bond acceptors (Lipinski definition) is 7. The van der Waals surface area contributed by atoms with Gasteiger partial charge in [0.05, 0.1) is 16.9 Å². The van der Waals surface area contributed by atoms with Crippen molar-refractivity contribution in [1.29, 1.82) is 0 Å². The number of aryl methyl sites for hydroxylation is 2. The molecule has 1 N–H and O–H groups in total. The maximum Gasteiger partial charge on any atom is 0.164 e. The zero-order valence-electron chi connectivity index (χ0n) is 14.8. The van der Waals surface area contributed by atoms with Crippen LogP contribution in [0.5, 0.6) is 0 Å². The van der Waals surface area contributed by atoms with Crippen LogP contribution in [0.4, 0.5) is 5.82 Å². The number of anilines is 1. The van der Waals surface area contributed by atoms with E-state index in [1.807, 2.05) is 12.1 Å². The Hall–Kier alpha value is -2.06. The van der Waals surface area contributed by atoms with Crippen molar-refractivity contribution in [2.45, 2.75) is 38.1 Å². The van der Waals surface area contributed by atoms with E-state index in [0.29, 0.717) is 12.2 Å². The predicted molar refractivity (Wildman–Crippen MR) is 108 cm³/mol. The van der Waals surface area contributed by atoms with Crippen LogP contribution in [-0.4, -0.2) is 40.9 Å². The Kier molecular flexibility index (Phi) is 4.12. The Bertz CT molecular complexity index is 1110. The molecule has 6 nitrogen and oxygen atoms in total. The minimum Gasteiger partial charge on any atom is -0.366 e. The fraction of sp³-hybridized carbons (Fsp3) is 0.421. The summed E-state index contributed by atoms with van der Waals surface area (Å²) in [6, 6.07) is 3.73. The molecular formula is C19H20N4O2S2. The first-order chi connectivity index (χ1) is 13.1. The molecule has 0 spiro atoms. The highest BCUT2D eigenvalue weighted by molar-refractivity contribution is 7.91. The molecule has 1 aliphatic carbocycles. The topological polar surface area (TPSA) is 84.8 Å². The van der Waals surface area contributed by atoms with Crippen molar-refractivity contribution >= 4 is 37.2 Å². The van der Waals surface area contributed by atoms with Gasteiger partial charge < -0.3 is 5.32 Å². The lowest BCUT2D eigenvalue weighted by Crippen LogP contribution is -2.21. The van der Waals surface area contributed by atoms with Gasteiger partial charge in [0.15, 0.2) is 15.7 Å². The van der Waals surface area contributed by atoms with E-state index in [2.05, 4.69) is 10.3 Å². The van der Waals surface area contributed by atoms with E-state index >= 15 is 0 Å². The highest BCUT2D eigenvalue weighted by atomic mass is 32.2. The Balaban J connectivity index is 1.65. The Morgan fingerprint density at radius 3 is 2.85 bits per heavy atom. The maximum absolute atomic E-state index is 11.9. The van der Waals surface area contributed by atoms with Gasteiger partial charge in [-0.05, 0) is 49.8 Å². The van der Waals surface area contributed by atoms with Crippen LogP contribution < -0.4 is 5.32 Å². The van der Waals surface area contributed by atoms with Crippen LogP contribution in [0.3, 0.4) is 0 Å². The van der Waals surface area contributed by atoms with E-state index < -0.39 is 9.84 Å². The minimum atomic E-state index is -2.95. The average molecular weight is 401 g/mol. The first-order valence-electron chi connectivity index (χ1n) is 9.29. The third-order valence-corrected chi connectivity index (χ3v) is 8.26. The van der Waals surface area contributed by atoms with Crippen LogP contribution >= 0.6 is 11.3 Å². The molecular weight excluding hydrogens is 380 g/mol. The van der Waals surface area contributed by atoms with Gasteiger partial charge in [-0.25, -0.2) is 18.4 Å². The number of nitrogens with zero attached hydrogens (tertiary/aromatic N) is 3. The zero-order valence-corrected chi connectivity index (χ0v) is 16.4. The van der Waals surface area contributed by atoms with Crippen molar-refractivity contribution in [2.24, 2.45) is 0 Å². The van der Waals surface area contributed by atoms with Gasteiger partial charge >= 0.3 is 0 Å². The van der Waals surface area contributed by atoms with Gasteiger partial charge in [-0.2, -0.15) is 0 Å². The highest BCUT2D eigenvalue weighted by Crippen LogP contribution is 2.40. The van der Waals surface area contributed by atoms with Crippen molar-refractivity contribution in [3.63, 3.8) is 0 Å². The number of sulfone groups is 1. The molecule has 1 aliphatic heterocycles. The van der Waals surface area contributed by atoms with Crippen molar-refractivity contribution in [1.82, 2.24) is 15.0 Å². The standard InChI is InChI=1S/C19H20N4O2S2/c24-27(25)9-7-13(11-27)21-18-16-14-5-1-2-6-15(14)26-19(16)23-17(22-18)12-4-3-8-20-10-12/h3-4,8,10,13H,1-2,5-7,9,11H2,(H,21,22,23)/t13-/m1/s1. The monoisotopic (exact) mass is 400 g/mol. The van der Waals surface area contributed by atoms with E-state index in [9.17, 15) is 8.42 Å². The summed E-state index contributed by atoms with van der Waals surface area (Å²) in [6.07, 6.45) is 8.65. The maximum atomic E-state index is 11.9. The molecule has 8 heteroatoms.